The van der Waals surface area contributed by atoms with Gasteiger partial charge >= 0.3 is 0 Å². The van der Waals surface area contributed by atoms with Gasteiger partial charge in [-0.25, -0.2) is 9.07 Å². The lowest BCUT2D eigenvalue weighted by Crippen LogP contribution is -2.36. The molecular formula is C25H26FN5O. The van der Waals surface area contributed by atoms with Gasteiger partial charge in [-0.1, -0.05) is 26.0 Å². The third kappa shape index (κ3) is 3.47. The zero-order valence-corrected chi connectivity index (χ0v) is 18.7. The van der Waals surface area contributed by atoms with Crippen molar-refractivity contribution < 1.29 is 9.18 Å². The highest BCUT2D eigenvalue weighted by Crippen LogP contribution is 2.45. The summed E-state index contributed by atoms with van der Waals surface area (Å²) in [7, 11) is 3.99. The quantitative estimate of drug-likeness (QED) is 0.645. The average Bonchev–Trinajstić information content (AvgIpc) is 3.16. The van der Waals surface area contributed by atoms with Crippen LogP contribution in [0.25, 0.3) is 11.4 Å². The van der Waals surface area contributed by atoms with E-state index in [4.69, 9.17) is 10.1 Å². The van der Waals surface area contributed by atoms with Crippen molar-refractivity contribution >= 4 is 17.4 Å². The minimum absolute atomic E-state index is 0.0936. The molecule has 0 saturated heterocycles. The molecule has 1 N–H and O–H groups in total. The maximum Gasteiger partial charge on any atom is 0.226 e. The number of fused-ring (bicyclic) bond motifs is 1. The molecule has 1 atom stereocenters. The molecule has 32 heavy (non-hydrogen) atoms. The predicted octanol–water partition coefficient (Wildman–Crippen LogP) is 4.81. The summed E-state index contributed by atoms with van der Waals surface area (Å²) in [4.78, 5) is 20.0. The van der Waals surface area contributed by atoms with E-state index in [1.165, 1.54) is 12.1 Å². The largest absolute Gasteiger partial charge is 0.378 e. The van der Waals surface area contributed by atoms with Crippen molar-refractivity contribution in [2.45, 2.75) is 32.7 Å². The van der Waals surface area contributed by atoms with E-state index < -0.39 is 6.04 Å². The molecule has 5 rings (SSSR count). The summed E-state index contributed by atoms with van der Waals surface area (Å²) >= 11 is 0. The lowest BCUT2D eigenvalue weighted by atomic mass is 9.73. The van der Waals surface area contributed by atoms with Gasteiger partial charge in [0, 0.05) is 43.0 Å². The molecule has 2 aliphatic rings. The number of rotatable bonds is 3. The molecule has 2 heterocycles. The van der Waals surface area contributed by atoms with E-state index >= 15 is 0 Å². The third-order valence-electron chi connectivity index (χ3n) is 6.16. The number of halogens is 1. The topological polar surface area (TPSA) is 63.1 Å². The third-order valence-corrected chi connectivity index (χ3v) is 6.16. The van der Waals surface area contributed by atoms with Crippen LogP contribution >= 0.6 is 0 Å². The van der Waals surface area contributed by atoms with E-state index in [1.54, 1.807) is 16.8 Å². The Morgan fingerprint density at radius 3 is 2.41 bits per heavy atom. The van der Waals surface area contributed by atoms with Crippen LogP contribution in [-0.2, 0) is 4.79 Å². The van der Waals surface area contributed by atoms with Crippen LogP contribution < -0.4 is 10.2 Å². The molecular weight excluding hydrogens is 405 g/mol. The lowest BCUT2D eigenvalue weighted by Gasteiger charge is -2.38. The molecule has 0 bridgehead atoms. The molecule has 3 aromatic rings. The minimum Gasteiger partial charge on any atom is -0.378 e. The van der Waals surface area contributed by atoms with E-state index in [-0.39, 0.29) is 17.0 Å². The van der Waals surface area contributed by atoms with E-state index in [9.17, 15) is 9.18 Å². The fourth-order valence-electron chi connectivity index (χ4n) is 4.59. The molecule has 0 amide bonds. The summed E-state index contributed by atoms with van der Waals surface area (Å²) in [5.74, 6) is 0.955. The van der Waals surface area contributed by atoms with E-state index in [2.05, 4.69) is 19.2 Å². The average molecular weight is 432 g/mol. The van der Waals surface area contributed by atoms with Crippen LogP contribution in [0.3, 0.4) is 0 Å². The highest BCUT2D eigenvalue weighted by Gasteiger charge is 2.41. The number of aromatic nitrogens is 3. The second-order valence-electron chi connectivity index (χ2n) is 9.56. The van der Waals surface area contributed by atoms with Gasteiger partial charge < -0.3 is 10.2 Å². The predicted molar refractivity (Wildman–Crippen MR) is 123 cm³/mol. The SMILES string of the molecule is CN(C)c1ccc(-c2nc3n(n2)[C@@H](c2ccc(F)cc2)C2=C(CC(C)(C)CC2=O)N3)cc1. The first-order valence-electron chi connectivity index (χ1n) is 10.7. The zero-order valence-electron chi connectivity index (χ0n) is 18.7. The fraction of sp³-hybridized carbons (Fsp3) is 0.320. The van der Waals surface area contributed by atoms with Gasteiger partial charge in [-0.15, -0.1) is 5.10 Å². The first kappa shape index (κ1) is 20.4. The molecule has 6 nitrogen and oxygen atoms in total. The molecule has 2 aromatic carbocycles. The van der Waals surface area contributed by atoms with Crippen molar-refractivity contribution in [3.05, 3.63) is 71.2 Å². The van der Waals surface area contributed by atoms with Gasteiger partial charge in [0.2, 0.25) is 5.95 Å². The van der Waals surface area contributed by atoms with Crippen molar-refractivity contribution in [3.63, 3.8) is 0 Å². The Balaban J connectivity index is 1.63. The lowest BCUT2D eigenvalue weighted by molar-refractivity contribution is -0.118. The number of nitrogens with zero attached hydrogens (tertiary/aromatic N) is 4. The second kappa shape index (κ2) is 7.29. The summed E-state index contributed by atoms with van der Waals surface area (Å²) in [5.41, 5.74) is 4.24. The number of carbonyl (C=O) groups excluding carboxylic acids is 1. The Hall–Kier alpha value is -3.48. The van der Waals surface area contributed by atoms with Gasteiger partial charge in [-0.05, 0) is 53.8 Å². The van der Waals surface area contributed by atoms with Gasteiger partial charge in [-0.2, -0.15) is 4.98 Å². The maximum absolute atomic E-state index is 13.6. The molecule has 164 valence electrons. The molecule has 1 aliphatic carbocycles. The van der Waals surface area contributed by atoms with Gasteiger partial charge in [0.05, 0.1) is 0 Å². The first-order valence-corrected chi connectivity index (χ1v) is 10.7. The monoisotopic (exact) mass is 431 g/mol. The fourth-order valence-corrected chi connectivity index (χ4v) is 4.59. The molecule has 1 aliphatic heterocycles. The minimum atomic E-state index is -0.437. The van der Waals surface area contributed by atoms with Gasteiger partial charge in [0.1, 0.15) is 11.9 Å². The van der Waals surface area contributed by atoms with Gasteiger partial charge in [0.15, 0.2) is 11.6 Å². The molecule has 0 saturated carbocycles. The van der Waals surface area contributed by atoms with Crippen molar-refractivity contribution in [1.29, 1.82) is 0 Å². The van der Waals surface area contributed by atoms with E-state index in [0.717, 1.165) is 28.9 Å². The van der Waals surface area contributed by atoms with E-state index in [0.29, 0.717) is 23.8 Å². The van der Waals surface area contributed by atoms with Crippen LogP contribution in [0.5, 0.6) is 0 Å². The van der Waals surface area contributed by atoms with Gasteiger partial charge in [0.25, 0.3) is 0 Å². The Kier molecular flexibility index (Phi) is 4.65. The van der Waals surface area contributed by atoms with Crippen molar-refractivity contribution in [2.75, 3.05) is 24.3 Å². The number of ketones is 1. The number of allylic oxidation sites excluding steroid dienone is 2. The number of benzene rings is 2. The van der Waals surface area contributed by atoms with Crippen LogP contribution in [0.15, 0.2) is 59.8 Å². The number of Topliss-reactive ketones (excluding diaryl/α,β-unsaturated/α-hetero) is 1. The molecule has 0 radical (unpaired) electrons. The van der Waals surface area contributed by atoms with Crippen molar-refractivity contribution in [2.24, 2.45) is 5.41 Å². The van der Waals surface area contributed by atoms with Crippen LogP contribution in [0.2, 0.25) is 0 Å². The second-order valence-corrected chi connectivity index (χ2v) is 9.56. The van der Waals surface area contributed by atoms with E-state index in [1.807, 2.05) is 43.3 Å². The van der Waals surface area contributed by atoms with Crippen LogP contribution in [0.4, 0.5) is 16.0 Å². The number of hydrogen-bond donors (Lipinski definition) is 1. The van der Waals surface area contributed by atoms with Crippen LogP contribution in [0.1, 0.15) is 38.3 Å². The molecule has 0 fully saturated rings. The normalized spacial score (nSPS) is 19.3. The standard InChI is InChI=1S/C25H26FN5O/c1-25(2)13-19-21(20(32)14-25)22(15-5-9-17(26)10-6-15)31-24(27-19)28-23(29-31)16-7-11-18(12-8-16)30(3)4/h5-12,22H,13-14H2,1-4H3,(H,27,28,29)/t22-/m0/s1. The highest BCUT2D eigenvalue weighted by atomic mass is 19.1. The maximum atomic E-state index is 13.6. The first-order chi connectivity index (χ1) is 15.2. The number of carbonyl (C=O) groups is 1. The van der Waals surface area contributed by atoms with Crippen molar-refractivity contribution in [1.82, 2.24) is 14.8 Å². The summed E-state index contributed by atoms with van der Waals surface area (Å²) in [5, 5.41) is 8.17. The summed E-state index contributed by atoms with van der Waals surface area (Å²) in [6.45, 7) is 4.20. The number of hydrogen-bond acceptors (Lipinski definition) is 5. The van der Waals surface area contributed by atoms with Crippen LogP contribution in [-0.4, -0.2) is 34.6 Å². The summed E-state index contributed by atoms with van der Waals surface area (Å²) in [6, 6.07) is 13.9. The summed E-state index contributed by atoms with van der Waals surface area (Å²) < 4.78 is 15.4. The Bertz CT molecular complexity index is 1220. The van der Waals surface area contributed by atoms with Gasteiger partial charge in [-0.3, -0.25) is 4.79 Å². The Morgan fingerprint density at radius 2 is 1.75 bits per heavy atom. The molecule has 1 aromatic heterocycles. The summed E-state index contributed by atoms with van der Waals surface area (Å²) in [6.07, 6.45) is 1.21. The van der Waals surface area contributed by atoms with Crippen LogP contribution in [0, 0.1) is 11.2 Å². The molecule has 0 spiro atoms. The molecule has 0 unspecified atom stereocenters. The Labute approximate surface area is 186 Å². The zero-order chi connectivity index (χ0) is 22.6. The number of anilines is 2. The highest BCUT2D eigenvalue weighted by molar-refractivity contribution is 6.00. The van der Waals surface area contributed by atoms with Crippen molar-refractivity contribution in [3.8, 4) is 11.4 Å². The molecule has 7 heteroatoms. The smallest absolute Gasteiger partial charge is 0.226 e. The Morgan fingerprint density at radius 1 is 1.06 bits per heavy atom. The number of nitrogens with one attached hydrogen (secondary N) is 1.